The molecule has 0 aromatic heterocycles. The lowest BCUT2D eigenvalue weighted by atomic mass is 9.90. The number of benzene rings is 3. The van der Waals surface area contributed by atoms with Gasteiger partial charge in [0.1, 0.15) is 5.75 Å². The molecule has 3 rings (SSSR count). The minimum absolute atomic E-state index is 0.723. The highest BCUT2D eigenvalue weighted by Gasteiger charge is 2.11. The van der Waals surface area contributed by atoms with Gasteiger partial charge in [-0.1, -0.05) is 66.2 Å². The molecule has 2 nitrogen and oxygen atoms in total. The van der Waals surface area contributed by atoms with Gasteiger partial charge in [0.2, 0.25) is 0 Å². The van der Waals surface area contributed by atoms with Gasteiger partial charge in [-0.3, -0.25) is 0 Å². The van der Waals surface area contributed by atoms with Gasteiger partial charge in [0.15, 0.2) is 0 Å². The van der Waals surface area contributed by atoms with E-state index < -0.39 is 0 Å². The summed E-state index contributed by atoms with van der Waals surface area (Å²) in [4.78, 5) is 2.17. The van der Waals surface area contributed by atoms with E-state index in [0.29, 0.717) is 0 Å². The molecule has 0 radical (unpaired) electrons. The van der Waals surface area contributed by atoms with Gasteiger partial charge in [-0.25, -0.2) is 0 Å². The fourth-order valence-electron chi connectivity index (χ4n) is 3.34. The SMILES string of the molecule is C/C(=C(/c1ccc(Cl)cc1)c1ccc(OCCCN(C)C)cc1)c1ccccc1. The standard InChI is InChI=1S/C26H28ClNO/c1-20(21-8-5-4-6-9-21)26(22-10-14-24(27)15-11-22)23-12-16-25(17-13-23)29-19-7-18-28(2)3/h4-6,8-17H,7,18-19H2,1-3H3/b26-20+. The van der Waals surface area contributed by atoms with Gasteiger partial charge in [-0.15, -0.1) is 0 Å². The number of nitrogens with zero attached hydrogens (tertiary/aromatic N) is 1. The molecule has 0 N–H and O–H groups in total. The van der Waals surface area contributed by atoms with E-state index in [9.17, 15) is 0 Å². The van der Waals surface area contributed by atoms with Crippen LogP contribution in [0.25, 0.3) is 11.1 Å². The largest absolute Gasteiger partial charge is 0.494 e. The molecule has 0 aliphatic rings. The average molecular weight is 406 g/mol. The van der Waals surface area contributed by atoms with Crippen molar-refractivity contribution in [2.75, 3.05) is 27.2 Å². The van der Waals surface area contributed by atoms with Crippen molar-refractivity contribution in [2.45, 2.75) is 13.3 Å². The van der Waals surface area contributed by atoms with Crippen molar-refractivity contribution in [3.63, 3.8) is 0 Å². The fraction of sp³-hybridized carbons (Fsp3) is 0.231. The second kappa shape index (κ2) is 10.3. The maximum atomic E-state index is 6.12. The minimum atomic E-state index is 0.723. The van der Waals surface area contributed by atoms with Gasteiger partial charge in [-0.2, -0.15) is 0 Å². The number of allylic oxidation sites excluding steroid dienone is 1. The molecule has 0 heterocycles. The first-order chi connectivity index (χ1) is 14.0. The molecule has 150 valence electrons. The van der Waals surface area contributed by atoms with Crippen LogP contribution in [0.2, 0.25) is 5.02 Å². The molecule has 0 atom stereocenters. The molecule has 0 saturated heterocycles. The van der Waals surface area contributed by atoms with Crippen molar-refractivity contribution in [3.8, 4) is 5.75 Å². The lowest BCUT2D eigenvalue weighted by Crippen LogP contribution is -2.15. The normalized spacial score (nSPS) is 12.0. The van der Waals surface area contributed by atoms with Crippen molar-refractivity contribution in [1.29, 1.82) is 0 Å². The Labute approximate surface area is 179 Å². The van der Waals surface area contributed by atoms with E-state index in [1.165, 1.54) is 16.7 Å². The summed E-state index contributed by atoms with van der Waals surface area (Å²) in [6.45, 7) is 3.92. The van der Waals surface area contributed by atoms with Crippen LogP contribution in [0.4, 0.5) is 0 Å². The summed E-state index contributed by atoms with van der Waals surface area (Å²) in [6, 6.07) is 26.9. The molecule has 3 aromatic rings. The number of hydrogen-bond donors (Lipinski definition) is 0. The lowest BCUT2D eigenvalue weighted by Gasteiger charge is -2.15. The van der Waals surface area contributed by atoms with Crippen molar-refractivity contribution < 1.29 is 4.74 Å². The molecule has 0 unspecified atom stereocenters. The van der Waals surface area contributed by atoms with Gasteiger partial charge >= 0.3 is 0 Å². The Kier molecular flexibility index (Phi) is 7.51. The first-order valence-electron chi connectivity index (χ1n) is 9.95. The molecule has 29 heavy (non-hydrogen) atoms. The summed E-state index contributed by atoms with van der Waals surface area (Å²) in [7, 11) is 4.16. The number of halogens is 1. The van der Waals surface area contributed by atoms with Crippen LogP contribution in [0.15, 0.2) is 78.9 Å². The van der Waals surface area contributed by atoms with Crippen LogP contribution in [0, 0.1) is 0 Å². The van der Waals surface area contributed by atoms with E-state index in [2.05, 4.69) is 86.6 Å². The third-order valence-electron chi connectivity index (χ3n) is 4.88. The van der Waals surface area contributed by atoms with E-state index in [1.807, 2.05) is 18.2 Å². The first kappa shape index (κ1) is 21.2. The molecule has 0 bridgehead atoms. The lowest BCUT2D eigenvalue weighted by molar-refractivity contribution is 0.281. The zero-order valence-corrected chi connectivity index (χ0v) is 18.1. The maximum absolute atomic E-state index is 6.12. The highest BCUT2D eigenvalue weighted by molar-refractivity contribution is 6.30. The molecule has 0 amide bonds. The van der Waals surface area contributed by atoms with Crippen LogP contribution >= 0.6 is 11.6 Å². The summed E-state index contributed by atoms with van der Waals surface area (Å²) < 4.78 is 5.90. The number of ether oxygens (including phenoxy) is 1. The van der Waals surface area contributed by atoms with Crippen LogP contribution in [0.1, 0.15) is 30.0 Å². The Morgan fingerprint density at radius 1 is 0.793 bits per heavy atom. The third-order valence-corrected chi connectivity index (χ3v) is 5.13. The number of rotatable bonds is 8. The molecular weight excluding hydrogens is 378 g/mol. The maximum Gasteiger partial charge on any atom is 0.119 e. The molecule has 0 aliphatic heterocycles. The van der Waals surface area contributed by atoms with E-state index in [0.717, 1.165) is 41.5 Å². The highest BCUT2D eigenvalue weighted by Crippen LogP contribution is 2.33. The molecule has 0 aliphatic carbocycles. The van der Waals surface area contributed by atoms with Crippen LogP contribution in [0.5, 0.6) is 5.75 Å². The van der Waals surface area contributed by atoms with Gasteiger partial charge < -0.3 is 9.64 Å². The second-order valence-electron chi connectivity index (χ2n) is 7.40. The van der Waals surface area contributed by atoms with Gasteiger partial charge in [0, 0.05) is 11.6 Å². The van der Waals surface area contributed by atoms with E-state index >= 15 is 0 Å². The quantitative estimate of drug-likeness (QED) is 0.307. The van der Waals surface area contributed by atoms with Crippen LogP contribution in [-0.4, -0.2) is 32.1 Å². The second-order valence-corrected chi connectivity index (χ2v) is 7.84. The minimum Gasteiger partial charge on any atom is -0.494 e. The Hall–Kier alpha value is -2.55. The molecule has 3 aromatic carbocycles. The van der Waals surface area contributed by atoms with Crippen LogP contribution in [-0.2, 0) is 0 Å². The smallest absolute Gasteiger partial charge is 0.119 e. The summed E-state index contributed by atoms with van der Waals surface area (Å²) in [5.74, 6) is 0.903. The predicted octanol–water partition coefficient (Wildman–Crippen LogP) is 6.65. The third kappa shape index (κ3) is 5.96. The van der Waals surface area contributed by atoms with Gasteiger partial charge in [-0.05, 0) is 79.5 Å². The van der Waals surface area contributed by atoms with E-state index in [-0.39, 0.29) is 0 Å². The Morgan fingerprint density at radius 3 is 1.97 bits per heavy atom. The number of hydrogen-bond acceptors (Lipinski definition) is 2. The summed E-state index contributed by atoms with van der Waals surface area (Å²) in [5.41, 5.74) is 5.95. The van der Waals surface area contributed by atoms with Crippen LogP contribution < -0.4 is 4.74 Å². The molecule has 0 fully saturated rings. The Bertz CT molecular complexity index is 929. The highest BCUT2D eigenvalue weighted by atomic mass is 35.5. The zero-order chi connectivity index (χ0) is 20.6. The van der Waals surface area contributed by atoms with Crippen LogP contribution in [0.3, 0.4) is 0 Å². The van der Waals surface area contributed by atoms with E-state index in [1.54, 1.807) is 0 Å². The zero-order valence-electron chi connectivity index (χ0n) is 17.4. The molecule has 0 saturated carbocycles. The molecular formula is C26H28ClNO. The van der Waals surface area contributed by atoms with Crippen molar-refractivity contribution >= 4 is 22.7 Å². The predicted molar refractivity (Wildman–Crippen MR) is 125 cm³/mol. The summed E-state index contributed by atoms with van der Waals surface area (Å²) in [6.07, 6.45) is 1.01. The summed E-state index contributed by atoms with van der Waals surface area (Å²) >= 11 is 6.12. The van der Waals surface area contributed by atoms with Crippen molar-refractivity contribution in [3.05, 3.63) is 101 Å². The van der Waals surface area contributed by atoms with E-state index in [4.69, 9.17) is 16.3 Å². The molecule has 3 heteroatoms. The fourth-order valence-corrected chi connectivity index (χ4v) is 3.46. The first-order valence-corrected chi connectivity index (χ1v) is 10.3. The Morgan fingerprint density at radius 2 is 1.38 bits per heavy atom. The summed E-state index contributed by atoms with van der Waals surface area (Å²) in [5, 5.41) is 0.743. The van der Waals surface area contributed by atoms with Gasteiger partial charge in [0.05, 0.1) is 6.61 Å². The van der Waals surface area contributed by atoms with Crippen molar-refractivity contribution in [2.24, 2.45) is 0 Å². The monoisotopic (exact) mass is 405 g/mol. The average Bonchev–Trinajstić information content (AvgIpc) is 2.74. The van der Waals surface area contributed by atoms with Crippen molar-refractivity contribution in [1.82, 2.24) is 4.90 Å². The molecule has 0 spiro atoms. The van der Waals surface area contributed by atoms with Gasteiger partial charge in [0.25, 0.3) is 0 Å². The Balaban J connectivity index is 1.90. The topological polar surface area (TPSA) is 12.5 Å².